The Morgan fingerprint density at radius 1 is 1.15 bits per heavy atom. The Balaban J connectivity index is 2.13. The summed E-state index contributed by atoms with van der Waals surface area (Å²) in [6.45, 7) is 2.44. The molecule has 0 fully saturated rings. The number of aryl methyl sites for hydroxylation is 1. The summed E-state index contributed by atoms with van der Waals surface area (Å²) in [6, 6.07) is 10.7. The van der Waals surface area contributed by atoms with Crippen LogP contribution in [-0.4, -0.2) is 14.1 Å². The minimum atomic E-state index is -0.246. The maximum Gasteiger partial charge on any atom is 0.128 e. The van der Waals surface area contributed by atoms with Gasteiger partial charge >= 0.3 is 0 Å². The Labute approximate surface area is 124 Å². The van der Waals surface area contributed by atoms with Gasteiger partial charge in [-0.15, -0.1) is 0 Å². The Kier molecular flexibility index (Phi) is 4.50. The van der Waals surface area contributed by atoms with Crippen LogP contribution in [0.1, 0.15) is 11.1 Å². The normalized spacial score (nSPS) is 10.4. The summed E-state index contributed by atoms with van der Waals surface area (Å²) in [5.74, 6) is -0.246. The second-order valence-corrected chi connectivity index (χ2v) is 5.42. The van der Waals surface area contributed by atoms with Gasteiger partial charge in [0, 0.05) is 42.6 Å². The predicted octanol–water partition coefficient (Wildman–Crippen LogP) is 4.47. The van der Waals surface area contributed by atoms with E-state index in [1.165, 1.54) is 6.07 Å². The van der Waals surface area contributed by atoms with Gasteiger partial charge in [-0.3, -0.25) is 0 Å². The van der Waals surface area contributed by atoms with E-state index < -0.39 is 0 Å². The van der Waals surface area contributed by atoms with Crippen molar-refractivity contribution < 1.29 is 4.39 Å². The Hall–Kier alpha value is -1.74. The Morgan fingerprint density at radius 2 is 1.90 bits per heavy atom. The Bertz CT molecular complexity index is 611. The first-order valence-corrected chi connectivity index (χ1v) is 6.81. The number of nitrogens with zero attached hydrogens (tertiary/aromatic N) is 1. The van der Waals surface area contributed by atoms with Crippen molar-refractivity contribution in [2.24, 2.45) is 0 Å². The van der Waals surface area contributed by atoms with E-state index in [1.54, 1.807) is 12.1 Å². The molecule has 0 saturated heterocycles. The molecular weight excluding hydrogens is 275 g/mol. The van der Waals surface area contributed by atoms with Crippen LogP contribution in [0, 0.1) is 12.7 Å². The van der Waals surface area contributed by atoms with Crippen LogP contribution in [0.25, 0.3) is 0 Å². The van der Waals surface area contributed by atoms with Crippen molar-refractivity contribution in [3.63, 3.8) is 0 Å². The molecule has 0 aliphatic rings. The van der Waals surface area contributed by atoms with E-state index in [9.17, 15) is 4.39 Å². The molecule has 0 unspecified atom stereocenters. The van der Waals surface area contributed by atoms with Gasteiger partial charge in [0.25, 0.3) is 0 Å². The number of hydrogen-bond acceptors (Lipinski definition) is 2. The van der Waals surface area contributed by atoms with Crippen LogP contribution in [0.4, 0.5) is 15.8 Å². The highest BCUT2D eigenvalue weighted by Gasteiger charge is 2.05. The fourth-order valence-electron chi connectivity index (χ4n) is 1.99. The predicted molar refractivity (Wildman–Crippen MR) is 84.2 cm³/mol. The van der Waals surface area contributed by atoms with Crippen LogP contribution in [0.5, 0.6) is 0 Å². The highest BCUT2D eigenvalue weighted by atomic mass is 35.5. The minimum Gasteiger partial charge on any atom is -0.381 e. The van der Waals surface area contributed by atoms with Gasteiger partial charge in [-0.05, 0) is 48.9 Å². The molecule has 2 nitrogen and oxygen atoms in total. The lowest BCUT2D eigenvalue weighted by molar-refractivity contribution is 0.613. The fraction of sp³-hybridized carbons (Fsp3) is 0.250. The Morgan fingerprint density at radius 3 is 2.55 bits per heavy atom. The van der Waals surface area contributed by atoms with Gasteiger partial charge in [0.2, 0.25) is 0 Å². The summed E-state index contributed by atoms with van der Waals surface area (Å²) in [5, 5.41) is 3.79. The molecule has 4 heteroatoms. The number of benzene rings is 2. The molecule has 0 amide bonds. The first kappa shape index (κ1) is 14.7. The monoisotopic (exact) mass is 292 g/mol. The van der Waals surface area contributed by atoms with E-state index in [1.807, 2.05) is 38.1 Å². The van der Waals surface area contributed by atoms with Crippen molar-refractivity contribution in [1.29, 1.82) is 0 Å². The summed E-state index contributed by atoms with van der Waals surface area (Å²) in [7, 11) is 4.01. The molecule has 20 heavy (non-hydrogen) atoms. The summed E-state index contributed by atoms with van der Waals surface area (Å²) >= 11 is 5.89. The number of anilines is 2. The van der Waals surface area contributed by atoms with Crippen molar-refractivity contribution in [3.8, 4) is 0 Å². The number of nitrogens with one attached hydrogen (secondary N) is 1. The lowest BCUT2D eigenvalue weighted by Gasteiger charge is -2.16. The first-order chi connectivity index (χ1) is 9.47. The van der Waals surface area contributed by atoms with Gasteiger partial charge in [0.05, 0.1) is 0 Å². The number of rotatable bonds is 4. The quantitative estimate of drug-likeness (QED) is 0.894. The molecule has 0 saturated carbocycles. The summed E-state index contributed by atoms with van der Waals surface area (Å²) in [4.78, 5) is 2.05. The van der Waals surface area contributed by atoms with Crippen molar-refractivity contribution in [1.82, 2.24) is 0 Å². The third kappa shape index (κ3) is 3.42. The molecule has 2 aromatic rings. The van der Waals surface area contributed by atoms with Gasteiger partial charge in [0.15, 0.2) is 0 Å². The SMILES string of the molecule is Cc1cc(N(C)C)ccc1NCc1cc(Cl)ccc1F. The molecule has 2 rings (SSSR count). The zero-order valence-corrected chi connectivity index (χ0v) is 12.6. The third-order valence-electron chi connectivity index (χ3n) is 3.20. The van der Waals surface area contributed by atoms with Crippen LogP contribution in [0.2, 0.25) is 5.02 Å². The topological polar surface area (TPSA) is 15.3 Å². The van der Waals surface area contributed by atoms with Crippen LogP contribution in [-0.2, 0) is 6.54 Å². The van der Waals surface area contributed by atoms with Crippen LogP contribution < -0.4 is 10.2 Å². The zero-order valence-electron chi connectivity index (χ0n) is 11.9. The van der Waals surface area contributed by atoms with Crippen LogP contribution >= 0.6 is 11.6 Å². The number of halogens is 2. The second kappa shape index (κ2) is 6.14. The van der Waals surface area contributed by atoms with E-state index in [2.05, 4.69) is 11.4 Å². The van der Waals surface area contributed by atoms with E-state index in [-0.39, 0.29) is 5.82 Å². The highest BCUT2D eigenvalue weighted by molar-refractivity contribution is 6.30. The highest BCUT2D eigenvalue weighted by Crippen LogP contribution is 2.23. The van der Waals surface area contributed by atoms with E-state index in [4.69, 9.17) is 11.6 Å². The van der Waals surface area contributed by atoms with Crippen molar-refractivity contribution in [3.05, 3.63) is 58.4 Å². The van der Waals surface area contributed by atoms with E-state index in [0.29, 0.717) is 17.1 Å². The summed E-state index contributed by atoms with van der Waals surface area (Å²) < 4.78 is 13.6. The molecule has 0 bridgehead atoms. The molecular formula is C16H18ClFN2. The van der Waals surface area contributed by atoms with Crippen LogP contribution in [0.3, 0.4) is 0 Å². The standard InChI is InChI=1S/C16H18ClFN2/c1-11-8-14(20(2)3)5-7-16(11)19-10-12-9-13(17)4-6-15(12)18/h4-9,19H,10H2,1-3H3. The van der Waals surface area contributed by atoms with Gasteiger partial charge in [-0.25, -0.2) is 4.39 Å². The molecule has 0 aliphatic carbocycles. The fourth-order valence-corrected chi connectivity index (χ4v) is 2.19. The largest absolute Gasteiger partial charge is 0.381 e. The van der Waals surface area contributed by atoms with Gasteiger partial charge in [-0.1, -0.05) is 11.6 Å². The third-order valence-corrected chi connectivity index (χ3v) is 3.44. The maximum atomic E-state index is 13.6. The summed E-state index contributed by atoms with van der Waals surface area (Å²) in [5.41, 5.74) is 3.82. The second-order valence-electron chi connectivity index (χ2n) is 4.98. The van der Waals surface area contributed by atoms with Gasteiger partial charge in [-0.2, -0.15) is 0 Å². The molecule has 0 radical (unpaired) electrons. The summed E-state index contributed by atoms with van der Waals surface area (Å²) in [6.07, 6.45) is 0. The molecule has 0 heterocycles. The minimum absolute atomic E-state index is 0.246. The molecule has 0 atom stereocenters. The van der Waals surface area contributed by atoms with Crippen molar-refractivity contribution in [2.45, 2.75) is 13.5 Å². The smallest absolute Gasteiger partial charge is 0.128 e. The number of hydrogen-bond donors (Lipinski definition) is 1. The molecule has 0 spiro atoms. The average molecular weight is 293 g/mol. The van der Waals surface area contributed by atoms with Crippen molar-refractivity contribution >= 4 is 23.0 Å². The van der Waals surface area contributed by atoms with E-state index in [0.717, 1.165) is 16.9 Å². The molecule has 0 aliphatic heterocycles. The van der Waals surface area contributed by atoms with Gasteiger partial charge < -0.3 is 10.2 Å². The van der Waals surface area contributed by atoms with Crippen LogP contribution in [0.15, 0.2) is 36.4 Å². The van der Waals surface area contributed by atoms with Crippen molar-refractivity contribution in [2.75, 3.05) is 24.3 Å². The lowest BCUT2D eigenvalue weighted by Crippen LogP contribution is -2.09. The lowest BCUT2D eigenvalue weighted by atomic mass is 10.1. The molecule has 2 aromatic carbocycles. The first-order valence-electron chi connectivity index (χ1n) is 6.43. The average Bonchev–Trinajstić information content (AvgIpc) is 2.40. The van der Waals surface area contributed by atoms with Gasteiger partial charge in [0.1, 0.15) is 5.82 Å². The zero-order chi connectivity index (χ0) is 14.7. The molecule has 0 aromatic heterocycles. The molecule has 1 N–H and O–H groups in total. The van der Waals surface area contributed by atoms with E-state index >= 15 is 0 Å². The maximum absolute atomic E-state index is 13.6. The molecule has 106 valence electrons.